The first-order chi connectivity index (χ1) is 68.6. The first-order valence-corrected chi connectivity index (χ1v) is 47.6. The quantitative estimate of drug-likeness (QED) is 0.103. The number of nitrogens with zero attached hydrogens (tertiary/aromatic N) is 8. The lowest BCUT2D eigenvalue weighted by Gasteiger charge is -2.22. The molecule has 652 valence electrons. The van der Waals surface area contributed by atoms with Crippen LogP contribution in [0.2, 0.25) is 0 Å². The Morgan fingerprint density at radius 1 is 0.151 bits per heavy atom. The monoisotopic (exact) mass is 1770 g/mol. The summed E-state index contributed by atoms with van der Waals surface area (Å²) in [4.78, 5) is 20.8. The van der Waals surface area contributed by atoms with Crippen molar-refractivity contribution in [3.05, 3.63) is 509 Å². The largest absolute Gasteiger partial charge is 0.309 e. The molecule has 26 aromatic rings. The average molecular weight is 1770 g/mol. The number of hydrogen-bond donors (Lipinski definition) is 0. The summed E-state index contributed by atoms with van der Waals surface area (Å²) in [5.74, 6) is 1.39. The Hall–Kier alpha value is -18.2. The summed E-state index contributed by atoms with van der Waals surface area (Å²) in [7, 11) is 0. The third-order valence-corrected chi connectivity index (χ3v) is 28.3. The minimum Gasteiger partial charge on any atom is -0.309 e. The Morgan fingerprint density at radius 2 is 0.396 bits per heavy atom. The number of benzene rings is 20. The first kappa shape index (κ1) is 81.5. The van der Waals surface area contributed by atoms with Crippen LogP contribution in [0.4, 0.5) is 0 Å². The molecular weight excluding hydrogens is 1690 g/mol. The van der Waals surface area contributed by atoms with Crippen LogP contribution in [0.25, 0.3) is 245 Å². The van der Waals surface area contributed by atoms with Gasteiger partial charge in [-0.1, -0.05) is 354 Å². The van der Waals surface area contributed by atoms with Crippen molar-refractivity contribution in [2.24, 2.45) is 0 Å². The van der Waals surface area contributed by atoms with E-state index in [9.17, 15) is 0 Å². The fraction of sp³-hybridized carbons (Fsp3) is 0.0229. The van der Waals surface area contributed by atoms with Crippen molar-refractivity contribution in [1.82, 2.24) is 38.2 Å². The van der Waals surface area contributed by atoms with Crippen LogP contribution < -0.4 is 0 Å². The molecule has 1 aliphatic rings. The Morgan fingerprint density at radius 3 is 0.763 bits per heavy atom. The van der Waals surface area contributed by atoms with E-state index >= 15 is 0 Å². The SMILES string of the molecule is CC1(C)c2ccccc2-c2ccc(-c3ccc(-c4cc(-c5ccc(-n6c7ccccc7c7cc(-c8ccc9c(c8)c8ccccc8n9-c8ccccc8)ccc76)cc5)nc(-c5ccccc5)n4)cc3)cc21.c1ccc(-c2cc(-c3ccccc3)cc(-c3cc(-c4ccc(-n5c6ccccc6c6cc(-c7ccc8c(c7)c7ccccc7n8-c7ccccc7)ccc65)cc4)nc(-c4ccccc4)n3)c2)cc1. The molecule has 0 atom stereocenters. The molecule has 139 heavy (non-hydrogen) atoms. The van der Waals surface area contributed by atoms with Gasteiger partial charge in [-0.05, 0) is 236 Å². The highest BCUT2D eigenvalue weighted by atomic mass is 15.0. The standard InChI is InChI=1S/C67H46N4.C64H42N4/c1-67(2)58-22-12-9-19-52(58)53-36-31-49(41-59(53)67)43-25-27-44(28-26-43)60-42-61(69-66(68-60)46-15-5-3-6-16-46)45-29-34-51(35-30-45)71-63-24-14-11-21-55(63)57-40-48(33-38-65(57)71)47-32-37-64-56(39-47)54-20-10-13-23-62(54)70(64)50-17-7-4-8-18-50;1-5-17-43(18-6-1)49-37-50(44-19-7-2-8-20-44)39-51(38-49)59-42-58(65-64(66-59)46-21-9-3-10-22-46)45-29-33-53(34-30-45)68-61-28-16-14-26-55(61)57-41-48(32-36-63(57)68)47-31-35-62-56(40-47)54-25-13-15-27-60(54)67(62)52-23-11-4-12-24-52/h3-42H,1-2H3;1-42H. The van der Waals surface area contributed by atoms with E-state index in [1.54, 1.807) is 0 Å². The van der Waals surface area contributed by atoms with Gasteiger partial charge in [-0.25, -0.2) is 19.9 Å². The van der Waals surface area contributed by atoms with Crippen molar-refractivity contribution >= 4 is 87.2 Å². The molecule has 0 spiro atoms. The van der Waals surface area contributed by atoms with Crippen molar-refractivity contribution in [2.75, 3.05) is 0 Å². The molecule has 0 saturated carbocycles. The minimum absolute atomic E-state index is 0.0517. The van der Waals surface area contributed by atoms with Crippen molar-refractivity contribution < 1.29 is 0 Å². The lowest BCUT2D eigenvalue weighted by molar-refractivity contribution is 0.660. The maximum atomic E-state index is 5.25. The summed E-state index contributed by atoms with van der Waals surface area (Å²) in [5, 5.41) is 9.87. The molecule has 0 fully saturated rings. The van der Waals surface area contributed by atoms with Gasteiger partial charge in [-0.2, -0.15) is 0 Å². The van der Waals surface area contributed by atoms with Crippen molar-refractivity contribution in [3.63, 3.8) is 0 Å². The maximum Gasteiger partial charge on any atom is 0.160 e. The highest BCUT2D eigenvalue weighted by Gasteiger charge is 2.36. The molecule has 0 N–H and O–H groups in total. The zero-order chi connectivity index (χ0) is 92.2. The molecule has 8 nitrogen and oxygen atoms in total. The van der Waals surface area contributed by atoms with Crippen LogP contribution in [-0.4, -0.2) is 38.2 Å². The predicted octanol–water partition coefficient (Wildman–Crippen LogP) is 34.0. The third-order valence-electron chi connectivity index (χ3n) is 28.3. The van der Waals surface area contributed by atoms with E-state index in [1.165, 1.54) is 126 Å². The number of aromatic nitrogens is 8. The second-order valence-electron chi connectivity index (χ2n) is 36.8. The van der Waals surface area contributed by atoms with E-state index in [1.807, 2.05) is 36.4 Å². The molecule has 1 aliphatic carbocycles. The zero-order valence-corrected chi connectivity index (χ0v) is 76.4. The van der Waals surface area contributed by atoms with E-state index in [0.29, 0.717) is 11.6 Å². The van der Waals surface area contributed by atoms with Gasteiger partial charge in [-0.15, -0.1) is 0 Å². The predicted molar refractivity (Wildman–Crippen MR) is 579 cm³/mol. The smallest absolute Gasteiger partial charge is 0.160 e. The summed E-state index contributed by atoms with van der Waals surface area (Å²) in [6.45, 7) is 4.67. The third kappa shape index (κ3) is 14.4. The number of para-hydroxylation sites is 6. The molecule has 20 aromatic carbocycles. The van der Waals surface area contributed by atoms with Gasteiger partial charge in [0.2, 0.25) is 0 Å². The van der Waals surface area contributed by atoms with Gasteiger partial charge in [0.15, 0.2) is 11.6 Å². The van der Waals surface area contributed by atoms with Gasteiger partial charge >= 0.3 is 0 Å². The molecule has 6 aromatic heterocycles. The van der Waals surface area contributed by atoms with Crippen LogP contribution in [0, 0.1) is 0 Å². The zero-order valence-electron chi connectivity index (χ0n) is 76.4. The van der Waals surface area contributed by atoms with Crippen LogP contribution in [0.3, 0.4) is 0 Å². The van der Waals surface area contributed by atoms with E-state index in [2.05, 4.69) is 493 Å². The summed E-state index contributed by atoms with van der Waals surface area (Å²) in [5.41, 5.74) is 40.7. The van der Waals surface area contributed by atoms with Crippen LogP contribution in [-0.2, 0) is 5.41 Å². The minimum atomic E-state index is -0.0517. The number of hydrogen-bond acceptors (Lipinski definition) is 4. The normalized spacial score (nSPS) is 12.2. The van der Waals surface area contributed by atoms with Gasteiger partial charge in [0.1, 0.15) is 0 Å². The van der Waals surface area contributed by atoms with Crippen molar-refractivity contribution in [2.45, 2.75) is 19.3 Å². The van der Waals surface area contributed by atoms with Crippen LogP contribution in [0.15, 0.2) is 497 Å². The summed E-state index contributed by atoms with van der Waals surface area (Å²) in [6, 6.07) is 179. The average Bonchev–Trinajstić information content (AvgIpc) is 1.60. The Kier molecular flexibility index (Phi) is 19.8. The lowest BCUT2D eigenvalue weighted by Crippen LogP contribution is -2.14. The summed E-state index contributed by atoms with van der Waals surface area (Å²) in [6.07, 6.45) is 0. The molecule has 27 rings (SSSR count). The van der Waals surface area contributed by atoms with E-state index in [4.69, 9.17) is 19.9 Å². The highest BCUT2D eigenvalue weighted by molar-refractivity contribution is 6.15. The molecule has 6 heterocycles. The van der Waals surface area contributed by atoms with E-state index in [0.717, 1.165) is 118 Å². The van der Waals surface area contributed by atoms with Crippen molar-refractivity contribution in [3.8, 4) is 157 Å². The molecule has 0 bridgehead atoms. The lowest BCUT2D eigenvalue weighted by atomic mass is 9.81. The van der Waals surface area contributed by atoms with Gasteiger partial charge < -0.3 is 18.3 Å². The van der Waals surface area contributed by atoms with Crippen LogP contribution >= 0.6 is 0 Å². The van der Waals surface area contributed by atoms with E-state index < -0.39 is 0 Å². The van der Waals surface area contributed by atoms with Crippen LogP contribution in [0.1, 0.15) is 25.0 Å². The van der Waals surface area contributed by atoms with E-state index in [-0.39, 0.29) is 5.41 Å². The Bertz CT molecular complexity index is 9220. The number of fused-ring (bicyclic) bond motifs is 15. The molecule has 0 radical (unpaired) electrons. The topological polar surface area (TPSA) is 71.3 Å². The number of rotatable bonds is 15. The molecule has 0 amide bonds. The van der Waals surface area contributed by atoms with Gasteiger partial charge in [0, 0.05) is 105 Å². The fourth-order valence-electron chi connectivity index (χ4n) is 21.4. The van der Waals surface area contributed by atoms with Gasteiger partial charge in [0.05, 0.1) is 66.9 Å². The molecular formula is C131H88N8. The fourth-order valence-corrected chi connectivity index (χ4v) is 21.4. The Balaban J connectivity index is 0.000000143. The van der Waals surface area contributed by atoms with Gasteiger partial charge in [0.25, 0.3) is 0 Å². The molecule has 0 unspecified atom stereocenters. The van der Waals surface area contributed by atoms with Gasteiger partial charge in [-0.3, -0.25) is 0 Å². The molecule has 0 aliphatic heterocycles. The molecule has 0 saturated heterocycles. The second-order valence-corrected chi connectivity index (χ2v) is 36.8. The van der Waals surface area contributed by atoms with Crippen LogP contribution in [0.5, 0.6) is 0 Å². The summed E-state index contributed by atoms with van der Waals surface area (Å²) >= 11 is 0. The highest BCUT2D eigenvalue weighted by Crippen LogP contribution is 2.51. The van der Waals surface area contributed by atoms with Crippen molar-refractivity contribution in [1.29, 1.82) is 0 Å². The maximum absolute atomic E-state index is 5.25. The molecule has 8 heteroatoms. The second kappa shape index (κ2) is 33.7. The Labute approximate surface area is 805 Å². The first-order valence-electron chi connectivity index (χ1n) is 47.6. The summed E-state index contributed by atoms with van der Waals surface area (Å²) < 4.78 is 9.51.